The van der Waals surface area contributed by atoms with Crippen LogP contribution in [-0.2, 0) is 10.0 Å². The average Bonchev–Trinajstić information content (AvgIpc) is 3.27. The summed E-state index contributed by atoms with van der Waals surface area (Å²) >= 11 is 2.38. The van der Waals surface area contributed by atoms with Gasteiger partial charge >= 0.3 is 0 Å². The maximum atomic E-state index is 13.1. The van der Waals surface area contributed by atoms with E-state index in [4.69, 9.17) is 5.73 Å². The van der Waals surface area contributed by atoms with Crippen molar-refractivity contribution in [2.75, 3.05) is 10.5 Å². The van der Waals surface area contributed by atoms with Crippen LogP contribution >= 0.6 is 22.7 Å². The molecule has 0 radical (unpaired) electrons. The van der Waals surface area contributed by atoms with Gasteiger partial charge in [-0.05, 0) is 63.1 Å². The number of nitrogen functional groups attached to an aromatic ring is 1. The Morgan fingerprint density at radius 2 is 1.68 bits per heavy atom. The number of anilines is 2. The van der Waals surface area contributed by atoms with Crippen LogP contribution in [0.4, 0.5) is 10.8 Å². The number of ketones is 1. The molecule has 0 aliphatic carbocycles. The standard InChI is InChI=1S/C20H19N5O3S3/c1-9-10(2)15-16(21)18(30-19(15)22-11(9)3)17(26)13-5-7-14(8-6-13)31(27,28)25-20-24-23-12(4)29-20/h5-8H,21H2,1-4H3,(H,24,25). The summed E-state index contributed by atoms with van der Waals surface area (Å²) in [5, 5.41) is 9.19. The topological polar surface area (TPSA) is 128 Å². The number of hydrogen-bond donors (Lipinski definition) is 2. The van der Waals surface area contributed by atoms with Gasteiger partial charge in [-0.1, -0.05) is 11.3 Å². The van der Waals surface area contributed by atoms with E-state index < -0.39 is 10.0 Å². The Kier molecular flexibility index (Phi) is 5.28. The third-order valence-electron chi connectivity index (χ3n) is 5.06. The number of sulfonamides is 1. The maximum absolute atomic E-state index is 13.1. The minimum atomic E-state index is -3.84. The molecule has 0 fully saturated rings. The second kappa shape index (κ2) is 7.66. The number of nitrogens with zero attached hydrogens (tertiary/aromatic N) is 3. The summed E-state index contributed by atoms with van der Waals surface area (Å²) < 4.78 is 27.5. The molecule has 4 rings (SSSR count). The number of carbonyl (C=O) groups is 1. The molecule has 31 heavy (non-hydrogen) atoms. The summed E-state index contributed by atoms with van der Waals surface area (Å²) in [5.74, 6) is -0.271. The van der Waals surface area contributed by atoms with Crippen LogP contribution in [0.15, 0.2) is 29.2 Å². The average molecular weight is 474 g/mol. The van der Waals surface area contributed by atoms with E-state index in [0.29, 0.717) is 21.1 Å². The van der Waals surface area contributed by atoms with E-state index in [-0.39, 0.29) is 15.8 Å². The zero-order valence-electron chi connectivity index (χ0n) is 17.2. The van der Waals surface area contributed by atoms with Crippen LogP contribution in [0.3, 0.4) is 0 Å². The number of aromatic nitrogens is 3. The molecule has 0 unspecified atom stereocenters. The van der Waals surface area contributed by atoms with Gasteiger partial charge in [-0.3, -0.25) is 9.52 Å². The van der Waals surface area contributed by atoms with Crippen molar-refractivity contribution in [1.29, 1.82) is 0 Å². The van der Waals surface area contributed by atoms with E-state index in [0.717, 1.165) is 38.4 Å². The van der Waals surface area contributed by atoms with Gasteiger partial charge < -0.3 is 5.73 Å². The third-order valence-corrected chi connectivity index (χ3v) is 8.39. The van der Waals surface area contributed by atoms with Crippen molar-refractivity contribution in [1.82, 2.24) is 15.2 Å². The summed E-state index contributed by atoms with van der Waals surface area (Å²) in [6.45, 7) is 7.60. The SMILES string of the molecule is Cc1nnc(NS(=O)(=O)c2ccc(C(=O)c3sc4nc(C)c(C)c(C)c4c3N)cc2)s1. The van der Waals surface area contributed by atoms with Crippen molar-refractivity contribution >= 4 is 59.5 Å². The molecular weight excluding hydrogens is 454 g/mol. The van der Waals surface area contributed by atoms with Crippen molar-refractivity contribution in [3.05, 3.63) is 56.5 Å². The zero-order valence-corrected chi connectivity index (χ0v) is 19.6. The normalized spacial score (nSPS) is 11.7. The molecule has 11 heteroatoms. The predicted molar refractivity (Wildman–Crippen MR) is 124 cm³/mol. The molecule has 3 heterocycles. The van der Waals surface area contributed by atoms with Gasteiger partial charge in [0.2, 0.25) is 10.9 Å². The number of thiophene rings is 1. The molecule has 0 saturated carbocycles. The number of nitrogens with one attached hydrogen (secondary N) is 1. The first-order chi connectivity index (χ1) is 14.6. The van der Waals surface area contributed by atoms with Gasteiger partial charge in [-0.15, -0.1) is 21.5 Å². The molecule has 1 aromatic carbocycles. The van der Waals surface area contributed by atoms with Gasteiger partial charge in [0.1, 0.15) is 14.7 Å². The van der Waals surface area contributed by atoms with Gasteiger partial charge in [0.15, 0.2) is 0 Å². The molecule has 0 amide bonds. The quantitative estimate of drug-likeness (QED) is 0.419. The Balaban J connectivity index is 1.66. The fourth-order valence-corrected chi connectivity index (χ4v) is 6.15. The van der Waals surface area contributed by atoms with E-state index >= 15 is 0 Å². The Morgan fingerprint density at radius 3 is 2.29 bits per heavy atom. The molecule has 0 aliphatic heterocycles. The lowest BCUT2D eigenvalue weighted by molar-refractivity contribution is 0.104. The number of nitrogens with two attached hydrogens (primary N) is 1. The second-order valence-electron chi connectivity index (χ2n) is 7.06. The number of hydrogen-bond acceptors (Lipinski definition) is 9. The second-order valence-corrected chi connectivity index (χ2v) is 10.9. The lowest BCUT2D eigenvalue weighted by atomic mass is 10.0. The van der Waals surface area contributed by atoms with Crippen LogP contribution in [-0.4, -0.2) is 29.4 Å². The molecule has 0 aliphatic rings. The molecule has 3 aromatic heterocycles. The molecule has 0 spiro atoms. The first kappa shape index (κ1) is 21.3. The number of fused-ring (bicyclic) bond motifs is 1. The highest BCUT2D eigenvalue weighted by Gasteiger charge is 2.22. The number of carbonyl (C=O) groups excluding carboxylic acids is 1. The van der Waals surface area contributed by atoms with Crippen molar-refractivity contribution < 1.29 is 13.2 Å². The van der Waals surface area contributed by atoms with E-state index in [1.807, 2.05) is 20.8 Å². The van der Waals surface area contributed by atoms with E-state index in [2.05, 4.69) is 19.9 Å². The number of benzene rings is 1. The fourth-order valence-electron chi connectivity index (χ4n) is 3.16. The van der Waals surface area contributed by atoms with Crippen LogP contribution in [0.2, 0.25) is 0 Å². The van der Waals surface area contributed by atoms with E-state index in [9.17, 15) is 13.2 Å². The monoisotopic (exact) mass is 473 g/mol. The van der Waals surface area contributed by atoms with Gasteiger partial charge in [-0.2, -0.15) is 0 Å². The van der Waals surface area contributed by atoms with Crippen LogP contribution < -0.4 is 10.5 Å². The number of aryl methyl sites for hydroxylation is 3. The summed E-state index contributed by atoms with van der Waals surface area (Å²) in [4.78, 5) is 18.8. The summed E-state index contributed by atoms with van der Waals surface area (Å²) in [5.41, 5.74) is 10.0. The third kappa shape index (κ3) is 3.80. The minimum Gasteiger partial charge on any atom is -0.397 e. The van der Waals surface area contributed by atoms with Crippen LogP contribution in [0.25, 0.3) is 10.2 Å². The lowest BCUT2D eigenvalue weighted by Gasteiger charge is -2.06. The lowest BCUT2D eigenvalue weighted by Crippen LogP contribution is -2.13. The van der Waals surface area contributed by atoms with Gasteiger partial charge in [0, 0.05) is 16.6 Å². The smallest absolute Gasteiger partial charge is 0.263 e. The fraction of sp³-hybridized carbons (Fsp3) is 0.200. The van der Waals surface area contributed by atoms with Gasteiger partial charge in [0.05, 0.1) is 10.6 Å². The van der Waals surface area contributed by atoms with Gasteiger partial charge in [0.25, 0.3) is 10.0 Å². The van der Waals surface area contributed by atoms with Gasteiger partial charge in [-0.25, -0.2) is 13.4 Å². The van der Waals surface area contributed by atoms with E-state index in [1.54, 1.807) is 6.92 Å². The van der Waals surface area contributed by atoms with Crippen molar-refractivity contribution in [3.8, 4) is 0 Å². The predicted octanol–water partition coefficient (Wildman–Crippen LogP) is 4.00. The molecule has 3 N–H and O–H groups in total. The summed E-state index contributed by atoms with van der Waals surface area (Å²) in [7, 11) is -3.84. The maximum Gasteiger partial charge on any atom is 0.263 e. The Morgan fingerprint density at radius 1 is 1.00 bits per heavy atom. The summed E-state index contributed by atoms with van der Waals surface area (Å²) in [6.07, 6.45) is 0. The molecular formula is C20H19N5O3S3. The van der Waals surface area contributed by atoms with Crippen LogP contribution in [0.1, 0.15) is 37.1 Å². The zero-order chi connectivity index (χ0) is 22.5. The Bertz CT molecular complexity index is 1440. The van der Waals surface area contributed by atoms with Crippen molar-refractivity contribution in [2.45, 2.75) is 32.6 Å². The van der Waals surface area contributed by atoms with Crippen molar-refractivity contribution in [2.24, 2.45) is 0 Å². The Hall–Kier alpha value is -2.89. The molecule has 0 saturated heterocycles. The van der Waals surface area contributed by atoms with E-state index in [1.165, 1.54) is 35.6 Å². The highest BCUT2D eigenvalue weighted by atomic mass is 32.2. The first-order valence-electron chi connectivity index (χ1n) is 9.22. The molecule has 4 aromatic rings. The van der Waals surface area contributed by atoms with Crippen molar-refractivity contribution in [3.63, 3.8) is 0 Å². The minimum absolute atomic E-state index is 0.0185. The highest BCUT2D eigenvalue weighted by molar-refractivity contribution is 7.93. The molecule has 0 bridgehead atoms. The first-order valence-corrected chi connectivity index (χ1v) is 12.3. The Labute approximate surface area is 187 Å². The largest absolute Gasteiger partial charge is 0.397 e. The molecule has 160 valence electrons. The van der Waals surface area contributed by atoms with Crippen LogP contribution in [0, 0.1) is 27.7 Å². The summed E-state index contributed by atoms with van der Waals surface area (Å²) in [6, 6.07) is 5.71. The number of rotatable bonds is 5. The highest BCUT2D eigenvalue weighted by Crippen LogP contribution is 2.37. The van der Waals surface area contributed by atoms with Crippen LogP contribution in [0.5, 0.6) is 0 Å². The molecule has 8 nitrogen and oxygen atoms in total. The number of pyridine rings is 1. The molecule has 0 atom stereocenters.